The second-order valence-corrected chi connectivity index (χ2v) is 6.27. The summed E-state index contributed by atoms with van der Waals surface area (Å²) in [5.74, 6) is -0.274. The molecule has 1 heterocycles. The van der Waals surface area contributed by atoms with Gasteiger partial charge >= 0.3 is 5.97 Å². The fraction of sp³-hybridized carbons (Fsp3) is 0.125. The predicted octanol–water partition coefficient (Wildman–Crippen LogP) is 3.80. The minimum absolute atomic E-state index is 0.0384. The van der Waals surface area contributed by atoms with Gasteiger partial charge in [-0.1, -0.05) is 17.7 Å². The number of halogens is 1. The number of rotatable bonds is 2. The highest BCUT2D eigenvalue weighted by Gasteiger charge is 2.22. The van der Waals surface area contributed by atoms with Crippen LogP contribution in [-0.2, 0) is 17.0 Å². The summed E-state index contributed by atoms with van der Waals surface area (Å²) < 4.78 is 0. The molecule has 0 aromatic heterocycles. The highest BCUT2D eigenvalue weighted by molar-refractivity contribution is 7.98. The first-order valence-corrected chi connectivity index (χ1v) is 7.71. The van der Waals surface area contributed by atoms with Crippen LogP contribution < -0.4 is 0 Å². The third kappa shape index (κ3) is 2.82. The molecule has 0 spiro atoms. The second kappa shape index (κ2) is 5.54. The first-order valence-electron chi connectivity index (χ1n) is 6.35. The van der Waals surface area contributed by atoms with E-state index in [4.69, 9.17) is 16.7 Å². The Hall–Kier alpha value is -1.78. The highest BCUT2D eigenvalue weighted by atomic mass is 35.5. The number of fused-ring (bicyclic) bond motifs is 2. The summed E-state index contributed by atoms with van der Waals surface area (Å²) in [6.07, 6.45) is -0.0409. The molecule has 0 radical (unpaired) electrons. The summed E-state index contributed by atoms with van der Waals surface area (Å²) in [5.41, 5.74) is 2.89. The molecule has 1 N–H and O–H groups in total. The Morgan fingerprint density at radius 3 is 2.71 bits per heavy atom. The number of carbonyl (C=O) groups excluding carboxylic acids is 1. The SMILES string of the molecule is O=C(O)Cc1ccc2c(c1)SCc1cc(Cl)ccc1C2=O. The van der Waals surface area contributed by atoms with Crippen LogP contribution in [0.5, 0.6) is 0 Å². The Morgan fingerprint density at radius 1 is 1.19 bits per heavy atom. The predicted molar refractivity (Wildman–Crippen MR) is 82.2 cm³/mol. The zero-order valence-electron chi connectivity index (χ0n) is 10.9. The van der Waals surface area contributed by atoms with E-state index in [0.717, 1.165) is 10.5 Å². The van der Waals surface area contributed by atoms with Gasteiger partial charge in [-0.25, -0.2) is 0 Å². The molecule has 1 aliphatic heterocycles. The van der Waals surface area contributed by atoms with Crippen molar-refractivity contribution in [2.75, 3.05) is 0 Å². The van der Waals surface area contributed by atoms with Crippen LogP contribution in [0.2, 0.25) is 5.02 Å². The normalized spacial score (nSPS) is 13.3. The second-order valence-electron chi connectivity index (χ2n) is 4.82. The smallest absolute Gasteiger partial charge is 0.307 e. The molecule has 0 atom stereocenters. The molecule has 5 heteroatoms. The van der Waals surface area contributed by atoms with E-state index < -0.39 is 5.97 Å². The third-order valence-corrected chi connectivity index (χ3v) is 4.68. The van der Waals surface area contributed by atoms with Gasteiger partial charge in [0.25, 0.3) is 0 Å². The highest BCUT2D eigenvalue weighted by Crippen LogP contribution is 2.35. The van der Waals surface area contributed by atoms with Crippen LogP contribution in [0.3, 0.4) is 0 Å². The van der Waals surface area contributed by atoms with E-state index in [9.17, 15) is 9.59 Å². The maximum absolute atomic E-state index is 12.6. The monoisotopic (exact) mass is 318 g/mol. The first-order chi connectivity index (χ1) is 10.0. The number of carbonyl (C=O) groups is 2. The number of thioether (sulfide) groups is 1. The Kier molecular flexibility index (Phi) is 3.74. The number of hydrogen-bond donors (Lipinski definition) is 1. The van der Waals surface area contributed by atoms with Crippen molar-refractivity contribution in [3.63, 3.8) is 0 Å². The molecule has 0 amide bonds. The Labute approximate surface area is 130 Å². The van der Waals surface area contributed by atoms with Crippen LogP contribution >= 0.6 is 23.4 Å². The average Bonchev–Trinajstić information content (AvgIpc) is 2.56. The van der Waals surface area contributed by atoms with Crippen molar-refractivity contribution in [1.82, 2.24) is 0 Å². The van der Waals surface area contributed by atoms with Crippen molar-refractivity contribution in [3.8, 4) is 0 Å². The lowest BCUT2D eigenvalue weighted by Gasteiger charge is -2.06. The third-order valence-electron chi connectivity index (χ3n) is 3.34. The van der Waals surface area contributed by atoms with Crippen molar-refractivity contribution < 1.29 is 14.7 Å². The first kappa shape index (κ1) is 14.2. The van der Waals surface area contributed by atoms with Crippen LogP contribution in [0, 0.1) is 0 Å². The molecule has 106 valence electrons. The molecule has 2 aromatic rings. The van der Waals surface area contributed by atoms with Crippen molar-refractivity contribution in [1.29, 1.82) is 0 Å². The fourth-order valence-corrected chi connectivity index (χ4v) is 3.66. The van der Waals surface area contributed by atoms with E-state index in [1.165, 1.54) is 11.8 Å². The van der Waals surface area contributed by atoms with Gasteiger partial charge < -0.3 is 5.11 Å². The maximum atomic E-state index is 12.6. The van der Waals surface area contributed by atoms with Gasteiger partial charge in [-0.3, -0.25) is 9.59 Å². The number of carboxylic acid groups (broad SMARTS) is 1. The quantitative estimate of drug-likeness (QED) is 0.915. The minimum atomic E-state index is -0.880. The van der Waals surface area contributed by atoms with E-state index >= 15 is 0 Å². The van der Waals surface area contributed by atoms with Crippen molar-refractivity contribution >= 4 is 35.1 Å². The molecule has 21 heavy (non-hydrogen) atoms. The molecule has 0 aliphatic carbocycles. The summed E-state index contributed by atoms with van der Waals surface area (Å²) >= 11 is 7.52. The van der Waals surface area contributed by atoms with Crippen LogP contribution in [0.25, 0.3) is 0 Å². The van der Waals surface area contributed by atoms with Gasteiger partial charge in [0, 0.05) is 26.8 Å². The molecule has 0 unspecified atom stereocenters. The van der Waals surface area contributed by atoms with Crippen LogP contribution in [0.15, 0.2) is 41.3 Å². The van der Waals surface area contributed by atoms with Gasteiger partial charge in [-0.05, 0) is 41.5 Å². The summed E-state index contributed by atoms with van der Waals surface area (Å²) in [6, 6.07) is 10.5. The lowest BCUT2D eigenvalue weighted by Crippen LogP contribution is -2.05. The Balaban J connectivity index is 2.05. The molecule has 3 nitrogen and oxygen atoms in total. The van der Waals surface area contributed by atoms with Gasteiger partial charge in [0.2, 0.25) is 0 Å². The van der Waals surface area contributed by atoms with E-state index in [1.807, 2.05) is 6.07 Å². The number of aliphatic carboxylic acids is 1. The number of benzene rings is 2. The molecule has 1 aliphatic rings. The topological polar surface area (TPSA) is 54.4 Å². The minimum Gasteiger partial charge on any atom is -0.481 e. The summed E-state index contributed by atoms with van der Waals surface area (Å²) in [7, 11) is 0. The molecule has 3 rings (SSSR count). The molecule has 0 saturated carbocycles. The molecular formula is C16H11ClO3S. The van der Waals surface area contributed by atoms with Gasteiger partial charge in [0.15, 0.2) is 5.78 Å². The maximum Gasteiger partial charge on any atom is 0.307 e. The van der Waals surface area contributed by atoms with E-state index in [2.05, 4.69) is 0 Å². The van der Waals surface area contributed by atoms with E-state index in [-0.39, 0.29) is 12.2 Å². The van der Waals surface area contributed by atoms with E-state index in [1.54, 1.807) is 30.3 Å². The van der Waals surface area contributed by atoms with Crippen molar-refractivity contribution in [3.05, 3.63) is 63.7 Å². The lowest BCUT2D eigenvalue weighted by molar-refractivity contribution is -0.136. The number of hydrogen-bond acceptors (Lipinski definition) is 3. The molecule has 2 aromatic carbocycles. The summed E-state index contributed by atoms with van der Waals surface area (Å²) in [4.78, 5) is 24.2. The van der Waals surface area contributed by atoms with E-state index in [0.29, 0.717) is 27.5 Å². The van der Waals surface area contributed by atoms with Crippen LogP contribution in [0.4, 0.5) is 0 Å². The standard InChI is InChI=1S/C16H11ClO3S/c17-11-2-4-12-10(7-11)8-21-14-5-9(6-15(18)19)1-3-13(14)16(12)20/h1-5,7H,6,8H2,(H,18,19). The van der Waals surface area contributed by atoms with Gasteiger partial charge in [0.05, 0.1) is 6.42 Å². The lowest BCUT2D eigenvalue weighted by atomic mass is 9.98. The van der Waals surface area contributed by atoms with Crippen molar-refractivity contribution in [2.45, 2.75) is 17.1 Å². The van der Waals surface area contributed by atoms with Gasteiger partial charge in [-0.15, -0.1) is 11.8 Å². The molecule has 0 saturated heterocycles. The summed E-state index contributed by atoms with van der Waals surface area (Å²) in [6.45, 7) is 0. The van der Waals surface area contributed by atoms with Crippen LogP contribution in [0.1, 0.15) is 27.0 Å². The van der Waals surface area contributed by atoms with Crippen LogP contribution in [-0.4, -0.2) is 16.9 Å². The molecule has 0 bridgehead atoms. The number of ketones is 1. The Morgan fingerprint density at radius 2 is 1.95 bits per heavy atom. The summed E-state index contributed by atoms with van der Waals surface area (Å²) in [5, 5.41) is 9.47. The number of carboxylic acids is 1. The van der Waals surface area contributed by atoms with Crippen molar-refractivity contribution in [2.24, 2.45) is 0 Å². The largest absolute Gasteiger partial charge is 0.481 e. The fourth-order valence-electron chi connectivity index (χ4n) is 2.36. The zero-order valence-corrected chi connectivity index (χ0v) is 12.5. The molecule has 0 fully saturated rings. The Bertz CT molecular complexity index is 755. The van der Waals surface area contributed by atoms with Gasteiger partial charge in [0.1, 0.15) is 0 Å². The zero-order chi connectivity index (χ0) is 15.0. The molecular weight excluding hydrogens is 308 g/mol. The average molecular weight is 319 g/mol. The van der Waals surface area contributed by atoms with Gasteiger partial charge in [-0.2, -0.15) is 0 Å².